The normalized spacial score (nSPS) is 17.5. The smallest absolute Gasteiger partial charge is 0.332 e. The maximum atomic E-state index is 13.0. The summed E-state index contributed by atoms with van der Waals surface area (Å²) < 4.78 is 8.32. The number of rotatable bonds is 4. The first-order valence-corrected chi connectivity index (χ1v) is 9.93. The van der Waals surface area contributed by atoms with Crippen LogP contribution in [-0.2, 0) is 17.9 Å². The topological polar surface area (TPSA) is 77.5 Å². The van der Waals surface area contributed by atoms with Crippen LogP contribution in [0.3, 0.4) is 0 Å². The van der Waals surface area contributed by atoms with Gasteiger partial charge in [0.15, 0.2) is 0 Å². The Labute approximate surface area is 159 Å². The molecule has 4 rings (SSSR count). The zero-order valence-electron chi connectivity index (χ0n) is 15.1. The number of piperidine rings is 1. The summed E-state index contributed by atoms with van der Waals surface area (Å²) in [4.78, 5) is 40.4. The van der Waals surface area contributed by atoms with Crippen molar-refractivity contribution in [2.75, 3.05) is 13.1 Å². The Bertz CT molecular complexity index is 1080. The lowest BCUT2D eigenvalue weighted by Gasteiger charge is -2.31. The van der Waals surface area contributed by atoms with Gasteiger partial charge in [0.05, 0.1) is 18.3 Å². The van der Waals surface area contributed by atoms with Gasteiger partial charge in [0.1, 0.15) is 17.0 Å². The first kappa shape index (κ1) is 17.8. The van der Waals surface area contributed by atoms with Crippen molar-refractivity contribution in [3.05, 3.63) is 56.4 Å². The fraction of sp³-hybridized carbons (Fsp3) is 0.421. The van der Waals surface area contributed by atoms with Gasteiger partial charge in [0, 0.05) is 13.1 Å². The Morgan fingerprint density at radius 3 is 2.89 bits per heavy atom. The van der Waals surface area contributed by atoms with Crippen LogP contribution < -0.4 is 11.2 Å². The molecule has 142 valence electrons. The average molecular weight is 387 g/mol. The molecule has 8 heteroatoms. The van der Waals surface area contributed by atoms with Crippen LogP contribution in [0.5, 0.6) is 0 Å². The summed E-state index contributed by atoms with van der Waals surface area (Å²) >= 11 is 1.28. The van der Waals surface area contributed by atoms with Crippen molar-refractivity contribution in [3.63, 3.8) is 0 Å². The lowest BCUT2D eigenvalue weighted by molar-refractivity contribution is -0.133. The monoisotopic (exact) mass is 387 g/mol. The largest absolute Gasteiger partial charge is 0.467 e. The third kappa shape index (κ3) is 3.37. The van der Waals surface area contributed by atoms with Crippen molar-refractivity contribution >= 4 is 27.5 Å². The SMILES string of the molecule is CC1CCCN(C(=O)Cn2c(=O)n(Cc3ccco3)c(=O)c3sccc32)C1. The van der Waals surface area contributed by atoms with Gasteiger partial charge in [-0.3, -0.25) is 18.7 Å². The Morgan fingerprint density at radius 1 is 1.30 bits per heavy atom. The molecule has 0 spiro atoms. The lowest BCUT2D eigenvalue weighted by atomic mass is 10.0. The van der Waals surface area contributed by atoms with Gasteiger partial charge in [0.25, 0.3) is 5.56 Å². The molecule has 3 aromatic heterocycles. The van der Waals surface area contributed by atoms with E-state index in [-0.39, 0.29) is 24.6 Å². The molecule has 1 saturated heterocycles. The van der Waals surface area contributed by atoms with E-state index in [1.807, 2.05) is 4.90 Å². The molecule has 7 nitrogen and oxygen atoms in total. The molecule has 1 atom stereocenters. The molecule has 1 aliphatic rings. The van der Waals surface area contributed by atoms with Gasteiger partial charge in [-0.15, -0.1) is 11.3 Å². The van der Waals surface area contributed by atoms with E-state index in [4.69, 9.17) is 4.42 Å². The highest BCUT2D eigenvalue weighted by Gasteiger charge is 2.23. The minimum Gasteiger partial charge on any atom is -0.467 e. The number of aromatic nitrogens is 2. The van der Waals surface area contributed by atoms with Crippen LogP contribution >= 0.6 is 11.3 Å². The minimum atomic E-state index is -0.485. The van der Waals surface area contributed by atoms with E-state index in [1.54, 1.807) is 23.6 Å². The Kier molecular flexibility index (Phi) is 4.73. The highest BCUT2D eigenvalue weighted by Crippen LogP contribution is 2.18. The predicted molar refractivity (Wildman–Crippen MR) is 103 cm³/mol. The first-order chi connectivity index (χ1) is 13.0. The Balaban J connectivity index is 1.73. The summed E-state index contributed by atoms with van der Waals surface area (Å²) in [5.74, 6) is 0.903. The van der Waals surface area contributed by atoms with Gasteiger partial charge in [-0.2, -0.15) is 0 Å². The lowest BCUT2D eigenvalue weighted by Crippen LogP contribution is -2.45. The molecule has 1 amide bonds. The molecule has 1 aliphatic heterocycles. The molecule has 0 N–H and O–H groups in total. The summed E-state index contributed by atoms with van der Waals surface area (Å²) in [5, 5.41) is 1.77. The van der Waals surface area contributed by atoms with Gasteiger partial charge < -0.3 is 9.32 Å². The molecule has 1 unspecified atom stereocenters. The van der Waals surface area contributed by atoms with Crippen molar-refractivity contribution in [3.8, 4) is 0 Å². The minimum absolute atomic E-state index is 0.0491. The quantitative estimate of drug-likeness (QED) is 0.687. The summed E-state index contributed by atoms with van der Waals surface area (Å²) in [6.45, 7) is 3.56. The van der Waals surface area contributed by atoms with Crippen LogP contribution in [0.15, 0.2) is 43.8 Å². The predicted octanol–water partition coefficient (Wildman–Crippen LogP) is 2.12. The van der Waals surface area contributed by atoms with Gasteiger partial charge in [-0.25, -0.2) is 4.79 Å². The molecule has 0 saturated carbocycles. The number of fused-ring (bicyclic) bond motifs is 1. The maximum Gasteiger partial charge on any atom is 0.332 e. The molecule has 0 aliphatic carbocycles. The molecule has 0 bridgehead atoms. The molecular weight excluding hydrogens is 366 g/mol. The molecule has 27 heavy (non-hydrogen) atoms. The molecule has 1 fully saturated rings. The van der Waals surface area contributed by atoms with E-state index in [0.717, 1.165) is 24.0 Å². The van der Waals surface area contributed by atoms with Crippen molar-refractivity contribution < 1.29 is 9.21 Å². The van der Waals surface area contributed by atoms with Gasteiger partial charge >= 0.3 is 5.69 Å². The number of carbonyl (C=O) groups is 1. The summed E-state index contributed by atoms with van der Waals surface area (Å²) in [6.07, 6.45) is 3.60. The summed E-state index contributed by atoms with van der Waals surface area (Å²) in [6, 6.07) is 5.16. The van der Waals surface area contributed by atoms with E-state index in [9.17, 15) is 14.4 Å². The number of furan rings is 1. The maximum absolute atomic E-state index is 13.0. The second-order valence-corrected chi connectivity index (χ2v) is 7.98. The fourth-order valence-corrected chi connectivity index (χ4v) is 4.48. The Morgan fingerprint density at radius 2 is 2.15 bits per heavy atom. The van der Waals surface area contributed by atoms with E-state index in [1.165, 1.54) is 22.2 Å². The molecule has 0 radical (unpaired) electrons. The van der Waals surface area contributed by atoms with E-state index in [2.05, 4.69) is 6.92 Å². The van der Waals surface area contributed by atoms with Crippen molar-refractivity contribution in [2.24, 2.45) is 5.92 Å². The van der Waals surface area contributed by atoms with E-state index in [0.29, 0.717) is 28.4 Å². The molecule has 0 aromatic carbocycles. The summed E-state index contributed by atoms with van der Waals surface area (Å²) in [5.41, 5.74) is -0.318. The van der Waals surface area contributed by atoms with E-state index < -0.39 is 5.69 Å². The van der Waals surface area contributed by atoms with Crippen LogP contribution in [0, 0.1) is 5.92 Å². The van der Waals surface area contributed by atoms with Crippen LogP contribution in [0.4, 0.5) is 0 Å². The second-order valence-electron chi connectivity index (χ2n) is 7.06. The number of hydrogen-bond acceptors (Lipinski definition) is 5. The van der Waals surface area contributed by atoms with Gasteiger partial charge in [-0.05, 0) is 42.3 Å². The number of nitrogens with zero attached hydrogens (tertiary/aromatic N) is 3. The van der Waals surface area contributed by atoms with Crippen LogP contribution in [0.1, 0.15) is 25.5 Å². The van der Waals surface area contributed by atoms with Crippen molar-refractivity contribution in [2.45, 2.75) is 32.9 Å². The highest BCUT2D eigenvalue weighted by atomic mass is 32.1. The zero-order chi connectivity index (χ0) is 19.0. The summed E-state index contributed by atoms with van der Waals surface area (Å²) in [7, 11) is 0. The Hall–Kier alpha value is -2.61. The standard InChI is InChI=1S/C19H21N3O4S/c1-13-4-2-7-20(10-13)16(23)12-21-15-6-9-27-17(15)18(24)22(19(21)25)11-14-5-3-8-26-14/h3,5-6,8-9,13H,2,4,7,10-12H2,1H3. The van der Waals surface area contributed by atoms with Crippen molar-refractivity contribution in [1.82, 2.24) is 14.0 Å². The third-order valence-electron chi connectivity index (χ3n) is 5.03. The van der Waals surface area contributed by atoms with E-state index >= 15 is 0 Å². The van der Waals surface area contributed by atoms with Crippen LogP contribution in [-0.4, -0.2) is 33.0 Å². The third-order valence-corrected chi connectivity index (χ3v) is 5.93. The molecule has 3 aromatic rings. The number of hydrogen-bond donors (Lipinski definition) is 0. The number of carbonyl (C=O) groups excluding carboxylic acids is 1. The van der Waals surface area contributed by atoms with Crippen LogP contribution in [0.2, 0.25) is 0 Å². The molecule has 4 heterocycles. The van der Waals surface area contributed by atoms with Gasteiger partial charge in [0.2, 0.25) is 5.91 Å². The molecular formula is C19H21N3O4S. The highest BCUT2D eigenvalue weighted by molar-refractivity contribution is 7.17. The van der Waals surface area contributed by atoms with Crippen molar-refractivity contribution in [1.29, 1.82) is 0 Å². The second kappa shape index (κ2) is 7.19. The van der Waals surface area contributed by atoms with Crippen LogP contribution in [0.25, 0.3) is 10.2 Å². The number of likely N-dealkylation sites (tertiary alicyclic amines) is 1. The van der Waals surface area contributed by atoms with Gasteiger partial charge in [-0.1, -0.05) is 6.92 Å². The number of amides is 1. The first-order valence-electron chi connectivity index (χ1n) is 9.05. The average Bonchev–Trinajstić information content (AvgIpc) is 3.34. The number of thiophene rings is 1. The zero-order valence-corrected chi connectivity index (χ0v) is 15.9. The fourth-order valence-electron chi connectivity index (χ4n) is 3.64.